The third-order valence-corrected chi connectivity index (χ3v) is 4.76. The van der Waals surface area contributed by atoms with Gasteiger partial charge in [0.15, 0.2) is 6.61 Å². The maximum absolute atomic E-state index is 11.7. The van der Waals surface area contributed by atoms with E-state index in [9.17, 15) is 19.7 Å². The quantitative estimate of drug-likeness (QED) is 0.438. The van der Waals surface area contributed by atoms with Crippen LogP contribution >= 0.6 is 23.1 Å². The molecule has 9 heteroatoms. The van der Waals surface area contributed by atoms with E-state index in [4.69, 9.17) is 4.74 Å². The summed E-state index contributed by atoms with van der Waals surface area (Å²) in [5, 5.41) is 15.1. The Balaban J connectivity index is 1.69. The van der Waals surface area contributed by atoms with Gasteiger partial charge in [0, 0.05) is 28.5 Å². The van der Waals surface area contributed by atoms with E-state index in [1.807, 2.05) is 17.5 Å². The number of rotatable bonds is 8. The van der Waals surface area contributed by atoms with E-state index in [1.165, 1.54) is 36.0 Å². The van der Waals surface area contributed by atoms with E-state index in [-0.39, 0.29) is 17.1 Å². The molecule has 0 spiro atoms. The second kappa shape index (κ2) is 9.04. The molecule has 0 radical (unpaired) electrons. The molecule has 7 nitrogen and oxygen atoms in total. The summed E-state index contributed by atoms with van der Waals surface area (Å²) in [6.45, 7) is -0.429. The standard InChI is InChI=1S/C15H14N2O5S2/c18-14(16-11-3-1-4-12(7-11)17(20)21)8-22-15(19)10-23-9-13-5-2-6-24-13/h1-7H,8-10H2,(H,16,18). The molecule has 0 aliphatic carbocycles. The molecule has 1 N–H and O–H groups in total. The summed E-state index contributed by atoms with van der Waals surface area (Å²) in [6, 6.07) is 9.45. The molecule has 24 heavy (non-hydrogen) atoms. The van der Waals surface area contributed by atoms with Crippen molar-refractivity contribution in [3.63, 3.8) is 0 Å². The van der Waals surface area contributed by atoms with Crippen LogP contribution in [0.1, 0.15) is 4.88 Å². The Morgan fingerprint density at radius 3 is 2.83 bits per heavy atom. The number of thiophene rings is 1. The topological polar surface area (TPSA) is 98.5 Å². The molecule has 0 unspecified atom stereocenters. The fourth-order valence-corrected chi connectivity index (χ4v) is 3.37. The molecule has 0 saturated heterocycles. The van der Waals surface area contributed by atoms with Crippen molar-refractivity contribution in [2.75, 3.05) is 17.7 Å². The third kappa shape index (κ3) is 6.01. The van der Waals surface area contributed by atoms with Gasteiger partial charge >= 0.3 is 5.97 Å². The minimum Gasteiger partial charge on any atom is -0.455 e. The Morgan fingerprint density at radius 2 is 2.12 bits per heavy atom. The lowest BCUT2D eigenvalue weighted by Gasteiger charge is -2.06. The summed E-state index contributed by atoms with van der Waals surface area (Å²) in [5.74, 6) is -0.160. The monoisotopic (exact) mass is 366 g/mol. The van der Waals surface area contributed by atoms with Crippen LogP contribution in [0.4, 0.5) is 11.4 Å². The van der Waals surface area contributed by atoms with Gasteiger partial charge in [-0.1, -0.05) is 12.1 Å². The van der Waals surface area contributed by atoms with Crippen LogP contribution in [0.5, 0.6) is 0 Å². The number of anilines is 1. The van der Waals surface area contributed by atoms with E-state index in [0.29, 0.717) is 5.75 Å². The van der Waals surface area contributed by atoms with Gasteiger partial charge < -0.3 is 10.1 Å². The number of hydrogen-bond acceptors (Lipinski definition) is 7. The van der Waals surface area contributed by atoms with Crippen molar-refractivity contribution >= 4 is 46.3 Å². The van der Waals surface area contributed by atoms with Gasteiger partial charge in [0.25, 0.3) is 11.6 Å². The summed E-state index contributed by atoms with van der Waals surface area (Å²) in [5.41, 5.74) is 0.145. The van der Waals surface area contributed by atoms with Crippen molar-refractivity contribution in [1.29, 1.82) is 0 Å². The number of nitrogens with one attached hydrogen (secondary N) is 1. The molecule has 0 aliphatic rings. The van der Waals surface area contributed by atoms with Gasteiger partial charge in [-0.05, 0) is 17.5 Å². The van der Waals surface area contributed by atoms with Gasteiger partial charge in [-0.3, -0.25) is 19.7 Å². The number of esters is 1. The van der Waals surface area contributed by atoms with Crippen LogP contribution in [-0.4, -0.2) is 29.2 Å². The van der Waals surface area contributed by atoms with Crippen molar-refractivity contribution in [1.82, 2.24) is 0 Å². The van der Waals surface area contributed by atoms with Crippen molar-refractivity contribution in [3.05, 3.63) is 56.8 Å². The molecule has 1 aromatic carbocycles. The fourth-order valence-electron chi connectivity index (χ4n) is 1.71. The number of carbonyl (C=O) groups is 2. The smallest absolute Gasteiger partial charge is 0.316 e. The molecule has 0 bridgehead atoms. The first-order valence-corrected chi connectivity index (χ1v) is 8.88. The number of ether oxygens (including phenoxy) is 1. The molecule has 0 fully saturated rings. The second-order valence-corrected chi connectivity index (χ2v) is 6.61. The SMILES string of the molecule is O=C(COC(=O)CSCc1cccs1)Nc1cccc([N+](=O)[O-])c1. The number of nitro benzene ring substituents is 1. The van der Waals surface area contributed by atoms with E-state index in [2.05, 4.69) is 5.32 Å². The van der Waals surface area contributed by atoms with E-state index in [1.54, 1.807) is 11.3 Å². The molecular formula is C15H14N2O5S2. The van der Waals surface area contributed by atoms with Gasteiger partial charge in [0.2, 0.25) is 0 Å². The van der Waals surface area contributed by atoms with Crippen molar-refractivity contribution in [2.24, 2.45) is 0 Å². The summed E-state index contributed by atoms with van der Waals surface area (Å²) in [6.07, 6.45) is 0. The third-order valence-electron chi connectivity index (χ3n) is 2.75. The first kappa shape index (κ1) is 18.0. The number of non-ortho nitro benzene ring substituents is 1. The Labute approximate surface area is 146 Å². The Kier molecular flexibility index (Phi) is 6.76. The minimum absolute atomic E-state index is 0.130. The number of hydrogen-bond donors (Lipinski definition) is 1. The van der Waals surface area contributed by atoms with E-state index in [0.717, 1.165) is 4.88 Å². The largest absolute Gasteiger partial charge is 0.455 e. The zero-order valence-electron chi connectivity index (χ0n) is 12.5. The molecule has 0 saturated carbocycles. The highest BCUT2D eigenvalue weighted by Gasteiger charge is 2.10. The molecule has 1 amide bonds. The molecule has 1 aromatic heterocycles. The summed E-state index contributed by atoms with van der Waals surface area (Å²) in [4.78, 5) is 34.5. The maximum Gasteiger partial charge on any atom is 0.316 e. The lowest BCUT2D eigenvalue weighted by molar-refractivity contribution is -0.384. The van der Waals surface area contributed by atoms with Crippen LogP contribution < -0.4 is 5.32 Å². The predicted molar refractivity (Wildman–Crippen MR) is 93.2 cm³/mol. The molecule has 1 heterocycles. The number of nitrogens with zero attached hydrogens (tertiary/aromatic N) is 1. The van der Waals surface area contributed by atoms with Crippen LogP contribution in [0.2, 0.25) is 0 Å². The average Bonchev–Trinajstić information content (AvgIpc) is 3.06. The second-order valence-electron chi connectivity index (χ2n) is 4.59. The van der Waals surface area contributed by atoms with Gasteiger partial charge in [-0.25, -0.2) is 0 Å². The van der Waals surface area contributed by atoms with Crippen LogP contribution in [0, 0.1) is 10.1 Å². The number of nitro groups is 1. The van der Waals surface area contributed by atoms with E-state index < -0.39 is 23.4 Å². The summed E-state index contributed by atoms with van der Waals surface area (Å²) >= 11 is 3.02. The zero-order chi connectivity index (χ0) is 17.4. The molecule has 2 rings (SSSR count). The minimum atomic E-state index is -0.555. The van der Waals surface area contributed by atoms with Crippen LogP contribution in [0.3, 0.4) is 0 Å². The molecule has 0 atom stereocenters. The predicted octanol–water partition coefficient (Wildman–Crippen LogP) is 3.07. The van der Waals surface area contributed by atoms with Crippen LogP contribution in [-0.2, 0) is 20.1 Å². The Hall–Kier alpha value is -2.39. The van der Waals surface area contributed by atoms with Gasteiger partial charge in [0.05, 0.1) is 10.7 Å². The van der Waals surface area contributed by atoms with Gasteiger partial charge in [-0.15, -0.1) is 23.1 Å². The average molecular weight is 366 g/mol. The lowest BCUT2D eigenvalue weighted by atomic mass is 10.3. The molecule has 2 aromatic rings. The normalized spacial score (nSPS) is 10.2. The zero-order valence-corrected chi connectivity index (χ0v) is 14.1. The van der Waals surface area contributed by atoms with Gasteiger partial charge in [0.1, 0.15) is 0 Å². The molecule has 0 aliphatic heterocycles. The van der Waals surface area contributed by atoms with Crippen molar-refractivity contribution in [3.8, 4) is 0 Å². The van der Waals surface area contributed by atoms with E-state index >= 15 is 0 Å². The summed E-state index contributed by atoms with van der Waals surface area (Å²) in [7, 11) is 0. The highest BCUT2D eigenvalue weighted by Crippen LogP contribution is 2.18. The maximum atomic E-state index is 11.7. The first-order valence-electron chi connectivity index (χ1n) is 6.84. The number of carbonyl (C=O) groups excluding carboxylic acids is 2. The first-order chi connectivity index (χ1) is 11.5. The highest BCUT2D eigenvalue weighted by molar-refractivity contribution is 7.99. The van der Waals surface area contributed by atoms with Crippen molar-refractivity contribution < 1.29 is 19.2 Å². The fraction of sp³-hybridized carbons (Fsp3) is 0.200. The molecule has 126 valence electrons. The number of amides is 1. The lowest BCUT2D eigenvalue weighted by Crippen LogP contribution is -2.21. The molecular weight excluding hydrogens is 352 g/mol. The number of thioether (sulfide) groups is 1. The van der Waals surface area contributed by atoms with Crippen molar-refractivity contribution in [2.45, 2.75) is 5.75 Å². The summed E-state index contributed by atoms with van der Waals surface area (Å²) < 4.78 is 4.87. The highest BCUT2D eigenvalue weighted by atomic mass is 32.2. The number of benzene rings is 1. The Bertz CT molecular complexity index is 718. The van der Waals surface area contributed by atoms with Crippen LogP contribution in [0.25, 0.3) is 0 Å². The van der Waals surface area contributed by atoms with Gasteiger partial charge in [-0.2, -0.15) is 0 Å². The van der Waals surface area contributed by atoms with Crippen LogP contribution in [0.15, 0.2) is 41.8 Å². The Morgan fingerprint density at radius 1 is 1.29 bits per heavy atom.